The topological polar surface area (TPSA) is 0 Å². The third-order valence-electron chi connectivity index (χ3n) is 0.471. The predicted octanol–water partition coefficient (Wildman–Crippen LogP) is 4.02. The van der Waals surface area contributed by atoms with Crippen molar-refractivity contribution in [1.82, 2.24) is 0 Å². The molecule has 0 radical (unpaired) electrons. The van der Waals surface area contributed by atoms with Gasteiger partial charge in [0, 0.05) is 0 Å². The van der Waals surface area contributed by atoms with Crippen molar-refractivity contribution in [2.45, 2.75) is 48.0 Å². The van der Waals surface area contributed by atoms with E-state index in [1.807, 2.05) is 34.6 Å². The van der Waals surface area contributed by atoms with E-state index >= 15 is 0 Å². The van der Waals surface area contributed by atoms with Gasteiger partial charge in [-0.3, -0.25) is 0 Å². The minimum atomic E-state index is 1.16. The third kappa shape index (κ3) is 84.2. The van der Waals surface area contributed by atoms with Crippen molar-refractivity contribution in [2.75, 3.05) is 0 Å². The fourth-order valence-corrected chi connectivity index (χ4v) is 0.236. The lowest BCUT2D eigenvalue weighted by Crippen LogP contribution is -1.43. The fourth-order valence-electron chi connectivity index (χ4n) is 0.236. The summed E-state index contributed by atoms with van der Waals surface area (Å²) in [7, 11) is 0. The quantitative estimate of drug-likeness (QED) is 0.470. The predicted molar refractivity (Wildman–Crippen MR) is 47.8 cm³/mol. The average molecular weight is 130 g/mol. The molecule has 0 aliphatic rings. The Morgan fingerprint density at radius 1 is 1.00 bits per heavy atom. The van der Waals surface area contributed by atoms with Crippen LogP contribution >= 0.6 is 0 Å². The van der Waals surface area contributed by atoms with Crippen LogP contribution in [0.2, 0.25) is 0 Å². The Kier molecular flexibility index (Phi) is 82.7. The van der Waals surface area contributed by atoms with Gasteiger partial charge < -0.3 is 0 Å². The first-order valence-electron chi connectivity index (χ1n) is 4.03. The summed E-state index contributed by atoms with van der Waals surface area (Å²) in [5.41, 5.74) is 0. The molecule has 0 N–H and O–H groups in total. The molecule has 0 amide bonds. The maximum absolute atomic E-state index is 2.12. The van der Waals surface area contributed by atoms with Crippen LogP contribution in [-0.4, -0.2) is 0 Å². The van der Waals surface area contributed by atoms with E-state index in [-0.39, 0.29) is 0 Å². The second-order valence-corrected chi connectivity index (χ2v) is 0.977. The summed E-state index contributed by atoms with van der Waals surface area (Å²) in [6.45, 7) is 12.2. The Labute approximate surface area is 61.0 Å². The van der Waals surface area contributed by atoms with E-state index in [0.29, 0.717) is 0 Å². The van der Waals surface area contributed by atoms with Crippen LogP contribution < -0.4 is 0 Å². The van der Waals surface area contributed by atoms with Crippen molar-refractivity contribution in [1.29, 1.82) is 0 Å². The maximum atomic E-state index is 2.12. The minimum absolute atomic E-state index is 1.16. The summed E-state index contributed by atoms with van der Waals surface area (Å²) in [6, 6.07) is 0. The van der Waals surface area contributed by atoms with Gasteiger partial charge in [0.25, 0.3) is 0 Å². The minimum Gasteiger partial charge on any atom is -0.0917 e. The molecular formula is C9H22. The molecule has 0 fully saturated rings. The van der Waals surface area contributed by atoms with Crippen LogP contribution in [0.1, 0.15) is 48.0 Å². The molecule has 0 aliphatic carbocycles. The van der Waals surface area contributed by atoms with Crippen molar-refractivity contribution in [3.8, 4) is 0 Å². The third-order valence-corrected chi connectivity index (χ3v) is 0.471. The van der Waals surface area contributed by atoms with Gasteiger partial charge in [0.05, 0.1) is 0 Å². The van der Waals surface area contributed by atoms with Gasteiger partial charge in [0.2, 0.25) is 0 Å². The largest absolute Gasteiger partial charge is 0.0917 e. The summed E-state index contributed by atoms with van der Waals surface area (Å²) < 4.78 is 0. The van der Waals surface area contributed by atoms with E-state index in [1.54, 1.807) is 0 Å². The summed E-state index contributed by atoms with van der Waals surface area (Å²) in [5, 5.41) is 0. The van der Waals surface area contributed by atoms with Gasteiger partial charge in [-0.2, -0.15) is 0 Å². The van der Waals surface area contributed by atoms with E-state index < -0.39 is 0 Å². The van der Waals surface area contributed by atoms with E-state index in [9.17, 15) is 0 Å². The highest BCUT2D eigenvalue weighted by Gasteiger charge is 1.52. The number of allylic oxidation sites excluding steroid dienone is 2. The second kappa shape index (κ2) is 46.8. The highest BCUT2D eigenvalue weighted by Crippen LogP contribution is 1.73. The Morgan fingerprint density at radius 2 is 1.33 bits per heavy atom. The Bertz CT molecular complexity index is 27.0. The highest BCUT2D eigenvalue weighted by atomic mass is 13.6. The van der Waals surface area contributed by atoms with Gasteiger partial charge in [0.1, 0.15) is 0 Å². The summed E-state index contributed by atoms with van der Waals surface area (Å²) in [4.78, 5) is 0. The standard InChI is InChI=1S/C5H10.2C2H6/c1-3-5-4-2;2*1-2/h3,5H,4H2,1-2H3;2*1-2H3/b5-3+;;. The molecule has 0 saturated heterocycles. The molecule has 0 aromatic heterocycles. The lowest BCUT2D eigenvalue weighted by atomic mass is 10.4. The zero-order valence-electron chi connectivity index (χ0n) is 7.86. The number of hydrogen-bond acceptors (Lipinski definition) is 0. The lowest BCUT2D eigenvalue weighted by Gasteiger charge is -1.65. The molecule has 0 saturated carbocycles. The molecule has 0 nitrogen and oxygen atoms in total. The van der Waals surface area contributed by atoms with Gasteiger partial charge in [-0.15, -0.1) is 0 Å². The van der Waals surface area contributed by atoms with Gasteiger partial charge in [0.15, 0.2) is 0 Å². The molecular weight excluding hydrogens is 108 g/mol. The van der Waals surface area contributed by atoms with Crippen molar-refractivity contribution in [3.05, 3.63) is 12.2 Å². The Morgan fingerprint density at radius 3 is 1.33 bits per heavy atom. The smallest absolute Gasteiger partial charge is 0.0379 e. The molecule has 0 atom stereocenters. The molecule has 0 aliphatic heterocycles. The van der Waals surface area contributed by atoms with Gasteiger partial charge in [-0.1, -0.05) is 46.8 Å². The van der Waals surface area contributed by atoms with E-state index in [0.717, 1.165) is 6.42 Å². The molecule has 0 bridgehead atoms. The molecule has 0 unspecified atom stereocenters. The molecule has 0 heterocycles. The van der Waals surface area contributed by atoms with Crippen LogP contribution in [0.5, 0.6) is 0 Å². The highest BCUT2D eigenvalue weighted by molar-refractivity contribution is 4.73. The molecule has 0 aromatic rings. The second-order valence-electron chi connectivity index (χ2n) is 0.977. The van der Waals surface area contributed by atoms with Crippen LogP contribution in [0.15, 0.2) is 12.2 Å². The Hall–Kier alpha value is -0.260. The van der Waals surface area contributed by atoms with E-state index in [1.165, 1.54) is 0 Å². The average Bonchev–Trinajstić information content (AvgIpc) is 1.98. The van der Waals surface area contributed by atoms with Crippen molar-refractivity contribution in [3.63, 3.8) is 0 Å². The summed E-state index contributed by atoms with van der Waals surface area (Å²) in [6.07, 6.45) is 5.34. The van der Waals surface area contributed by atoms with Gasteiger partial charge in [-0.05, 0) is 13.3 Å². The van der Waals surface area contributed by atoms with E-state index in [2.05, 4.69) is 19.1 Å². The van der Waals surface area contributed by atoms with Crippen LogP contribution in [0.3, 0.4) is 0 Å². The first-order chi connectivity index (χ1) is 4.41. The molecule has 9 heavy (non-hydrogen) atoms. The molecule has 0 heteroatoms. The van der Waals surface area contributed by atoms with Gasteiger partial charge in [-0.25, -0.2) is 0 Å². The van der Waals surface area contributed by atoms with Crippen LogP contribution in [0.4, 0.5) is 0 Å². The first-order valence-corrected chi connectivity index (χ1v) is 4.03. The zero-order valence-corrected chi connectivity index (χ0v) is 7.86. The molecule has 0 aromatic carbocycles. The van der Waals surface area contributed by atoms with Crippen LogP contribution in [-0.2, 0) is 0 Å². The van der Waals surface area contributed by atoms with Crippen molar-refractivity contribution >= 4 is 0 Å². The number of hydrogen-bond donors (Lipinski definition) is 0. The van der Waals surface area contributed by atoms with Crippen molar-refractivity contribution in [2.24, 2.45) is 0 Å². The SMILES string of the molecule is C/C=C/CC.CC.CC. The molecule has 0 rings (SSSR count). The maximum Gasteiger partial charge on any atom is -0.0379 e. The van der Waals surface area contributed by atoms with Gasteiger partial charge >= 0.3 is 0 Å². The summed E-state index contributed by atoms with van der Waals surface area (Å²) >= 11 is 0. The molecule has 58 valence electrons. The zero-order chi connectivity index (χ0) is 8.12. The van der Waals surface area contributed by atoms with Crippen molar-refractivity contribution < 1.29 is 0 Å². The normalized spacial score (nSPS) is 6.89. The molecule has 0 spiro atoms. The number of rotatable bonds is 1. The van der Waals surface area contributed by atoms with E-state index in [4.69, 9.17) is 0 Å². The monoisotopic (exact) mass is 130 g/mol. The fraction of sp³-hybridized carbons (Fsp3) is 0.778. The lowest BCUT2D eigenvalue weighted by molar-refractivity contribution is 1.22. The first kappa shape index (κ1) is 15.9. The van der Waals surface area contributed by atoms with Crippen LogP contribution in [0, 0.1) is 0 Å². The Balaban J connectivity index is -0.0000000771. The summed E-state index contributed by atoms with van der Waals surface area (Å²) in [5.74, 6) is 0. The van der Waals surface area contributed by atoms with Crippen LogP contribution in [0.25, 0.3) is 0 Å².